The van der Waals surface area contributed by atoms with E-state index in [1.54, 1.807) is 25.3 Å². The predicted molar refractivity (Wildman–Crippen MR) is 153 cm³/mol. The van der Waals surface area contributed by atoms with E-state index in [-0.39, 0.29) is 12.0 Å². The van der Waals surface area contributed by atoms with Gasteiger partial charge in [0.15, 0.2) is 5.43 Å². The zero-order valence-corrected chi connectivity index (χ0v) is 22.4. The fourth-order valence-corrected chi connectivity index (χ4v) is 3.66. The fourth-order valence-electron chi connectivity index (χ4n) is 3.66. The molecule has 0 spiro atoms. The average Bonchev–Trinajstić information content (AvgIpc) is 2.98. The van der Waals surface area contributed by atoms with Crippen molar-refractivity contribution in [2.75, 3.05) is 26.8 Å². The third-order valence-electron chi connectivity index (χ3n) is 5.70. The Morgan fingerprint density at radius 1 is 0.927 bits per heavy atom. The summed E-state index contributed by atoms with van der Waals surface area (Å²) in [4.78, 5) is 31.6. The van der Waals surface area contributed by atoms with Gasteiger partial charge in [-0.05, 0) is 42.8 Å². The molecule has 214 valence electrons. The van der Waals surface area contributed by atoms with Crippen LogP contribution in [0.25, 0.3) is 22.3 Å². The van der Waals surface area contributed by atoms with Crippen LogP contribution in [0.3, 0.4) is 0 Å². The maximum atomic E-state index is 12.5. The Kier molecular flexibility index (Phi) is 11.7. The second-order valence-electron chi connectivity index (χ2n) is 8.78. The highest BCUT2D eigenvalue weighted by Gasteiger charge is 2.10. The van der Waals surface area contributed by atoms with Gasteiger partial charge in [-0.15, -0.1) is 0 Å². The standard InChI is InChI=1S/C27H27NO5.C4H4O4/c1-31-22-9-7-19(8-10-22)13-14-28-17-21(29)18-32-23-11-12-24-25(30)16-26(33-27(24)15-23)20-5-3-2-4-6-20;5-3(6)1-2-4(7)8/h2-12,15-16,21,28-29H,13-14,17-18H2,1H3;1-2H,(H,5,6)(H,7,8). The molecule has 1 aromatic heterocycles. The topological polar surface area (TPSA) is 156 Å². The van der Waals surface area contributed by atoms with Gasteiger partial charge in [0.1, 0.15) is 35.6 Å². The van der Waals surface area contributed by atoms with Crippen LogP contribution in [0.2, 0.25) is 0 Å². The van der Waals surface area contributed by atoms with Gasteiger partial charge in [-0.2, -0.15) is 0 Å². The van der Waals surface area contributed by atoms with E-state index in [1.165, 1.54) is 11.6 Å². The first-order valence-corrected chi connectivity index (χ1v) is 12.7. The minimum absolute atomic E-state index is 0.109. The molecule has 0 radical (unpaired) electrons. The summed E-state index contributed by atoms with van der Waals surface area (Å²) in [5, 5.41) is 29.6. The number of ether oxygens (including phenoxy) is 2. The van der Waals surface area contributed by atoms with Gasteiger partial charge < -0.3 is 34.5 Å². The van der Waals surface area contributed by atoms with Gasteiger partial charge in [0, 0.05) is 36.4 Å². The lowest BCUT2D eigenvalue weighted by Crippen LogP contribution is -2.32. The molecule has 0 aliphatic rings. The third kappa shape index (κ3) is 10.3. The molecule has 4 N–H and O–H groups in total. The molecule has 10 heteroatoms. The minimum atomic E-state index is -1.26. The molecule has 0 saturated carbocycles. The monoisotopic (exact) mass is 561 g/mol. The lowest BCUT2D eigenvalue weighted by Gasteiger charge is -2.14. The number of methoxy groups -OCH3 is 1. The van der Waals surface area contributed by atoms with E-state index in [0.29, 0.717) is 41.2 Å². The van der Waals surface area contributed by atoms with Crippen LogP contribution in [0.1, 0.15) is 5.56 Å². The van der Waals surface area contributed by atoms with Crippen LogP contribution in [0.5, 0.6) is 11.5 Å². The molecule has 4 aromatic rings. The summed E-state index contributed by atoms with van der Waals surface area (Å²) in [5.41, 5.74) is 2.37. The number of benzene rings is 3. The largest absolute Gasteiger partial charge is 0.497 e. The van der Waals surface area contributed by atoms with E-state index in [9.17, 15) is 19.5 Å². The maximum absolute atomic E-state index is 12.5. The van der Waals surface area contributed by atoms with E-state index in [1.807, 2.05) is 54.6 Å². The third-order valence-corrected chi connectivity index (χ3v) is 5.70. The number of hydrogen-bond acceptors (Lipinski definition) is 8. The van der Waals surface area contributed by atoms with Crippen molar-refractivity contribution in [1.29, 1.82) is 0 Å². The zero-order chi connectivity index (χ0) is 29.6. The van der Waals surface area contributed by atoms with Gasteiger partial charge in [0.25, 0.3) is 0 Å². The van der Waals surface area contributed by atoms with Gasteiger partial charge in [0.05, 0.1) is 12.5 Å². The Morgan fingerprint density at radius 3 is 2.22 bits per heavy atom. The second kappa shape index (κ2) is 15.6. The molecule has 0 aliphatic heterocycles. The molecule has 41 heavy (non-hydrogen) atoms. The van der Waals surface area contributed by atoms with Gasteiger partial charge in [0.2, 0.25) is 0 Å². The molecular weight excluding hydrogens is 530 g/mol. The number of rotatable bonds is 12. The van der Waals surface area contributed by atoms with Crippen molar-refractivity contribution >= 4 is 22.9 Å². The van der Waals surface area contributed by atoms with Gasteiger partial charge in [-0.25, -0.2) is 9.59 Å². The van der Waals surface area contributed by atoms with Crippen LogP contribution in [0, 0.1) is 0 Å². The highest BCUT2D eigenvalue weighted by Crippen LogP contribution is 2.25. The molecule has 4 rings (SSSR count). The minimum Gasteiger partial charge on any atom is -0.497 e. The summed E-state index contributed by atoms with van der Waals surface area (Å²) in [6.45, 7) is 1.29. The summed E-state index contributed by atoms with van der Waals surface area (Å²) in [5.74, 6) is -0.636. The molecule has 0 aliphatic carbocycles. The Morgan fingerprint density at radius 2 is 1.59 bits per heavy atom. The number of fused-ring (bicyclic) bond motifs is 1. The number of carboxylic acids is 2. The summed E-state index contributed by atoms with van der Waals surface area (Å²) < 4.78 is 16.8. The molecule has 1 unspecified atom stereocenters. The van der Waals surface area contributed by atoms with Crippen molar-refractivity contribution in [1.82, 2.24) is 5.32 Å². The normalized spacial score (nSPS) is 11.5. The molecular formula is C31H31NO9. The van der Waals surface area contributed by atoms with Gasteiger partial charge in [-0.1, -0.05) is 42.5 Å². The van der Waals surface area contributed by atoms with Crippen LogP contribution in [0.15, 0.2) is 100 Å². The Hall–Kier alpha value is -4.93. The molecule has 0 fully saturated rings. The van der Waals surface area contributed by atoms with Crippen molar-refractivity contribution in [3.8, 4) is 22.8 Å². The summed E-state index contributed by atoms with van der Waals surface area (Å²) >= 11 is 0. The van der Waals surface area contributed by atoms with Crippen LogP contribution >= 0.6 is 0 Å². The molecule has 1 heterocycles. The fraction of sp³-hybridized carbons (Fsp3) is 0.194. The summed E-state index contributed by atoms with van der Waals surface area (Å²) in [6, 6.07) is 24.0. The number of aliphatic carboxylic acids is 2. The first kappa shape index (κ1) is 30.6. The predicted octanol–water partition coefficient (Wildman–Crippen LogP) is 3.75. The van der Waals surface area contributed by atoms with Gasteiger partial charge >= 0.3 is 11.9 Å². The first-order valence-electron chi connectivity index (χ1n) is 12.7. The lowest BCUT2D eigenvalue weighted by atomic mass is 10.1. The van der Waals surface area contributed by atoms with Crippen molar-refractivity contribution in [2.24, 2.45) is 0 Å². The van der Waals surface area contributed by atoms with E-state index in [2.05, 4.69) is 5.32 Å². The van der Waals surface area contributed by atoms with Crippen LogP contribution in [-0.2, 0) is 16.0 Å². The van der Waals surface area contributed by atoms with Crippen molar-refractivity contribution in [3.05, 3.63) is 107 Å². The average molecular weight is 562 g/mol. The number of aliphatic hydroxyl groups is 1. The number of nitrogens with one attached hydrogen (secondary N) is 1. The van der Waals surface area contributed by atoms with E-state index < -0.39 is 18.0 Å². The lowest BCUT2D eigenvalue weighted by molar-refractivity contribution is -0.134. The molecule has 0 saturated heterocycles. The first-order chi connectivity index (χ1) is 19.7. The molecule has 3 aromatic carbocycles. The second-order valence-corrected chi connectivity index (χ2v) is 8.78. The molecule has 10 nitrogen and oxygen atoms in total. The quantitative estimate of drug-likeness (QED) is 0.148. The number of aliphatic hydroxyl groups excluding tert-OH is 1. The maximum Gasteiger partial charge on any atom is 0.328 e. The SMILES string of the molecule is COc1ccc(CCNCC(O)COc2ccc3c(=O)cc(-c4ccccc4)oc3c2)cc1.O=C(O)C=CC(=O)O. The summed E-state index contributed by atoms with van der Waals surface area (Å²) in [7, 11) is 1.65. The van der Waals surface area contributed by atoms with Crippen molar-refractivity contribution < 1.29 is 38.8 Å². The van der Waals surface area contributed by atoms with Crippen molar-refractivity contribution in [2.45, 2.75) is 12.5 Å². The zero-order valence-electron chi connectivity index (χ0n) is 22.4. The molecule has 1 atom stereocenters. The van der Waals surface area contributed by atoms with Crippen LogP contribution in [-0.4, -0.2) is 60.2 Å². The Bertz CT molecular complexity index is 1500. The van der Waals surface area contributed by atoms with Crippen molar-refractivity contribution in [3.63, 3.8) is 0 Å². The summed E-state index contributed by atoms with van der Waals surface area (Å²) in [6.07, 6.45) is 1.30. The number of carboxylic acid groups (broad SMARTS) is 2. The smallest absolute Gasteiger partial charge is 0.328 e. The number of hydrogen-bond donors (Lipinski definition) is 4. The van der Waals surface area contributed by atoms with E-state index >= 15 is 0 Å². The molecule has 0 bridgehead atoms. The van der Waals surface area contributed by atoms with E-state index in [0.717, 1.165) is 24.3 Å². The molecule has 0 amide bonds. The number of carbonyl (C=O) groups is 2. The Labute approximate surface area is 236 Å². The highest BCUT2D eigenvalue weighted by molar-refractivity contribution is 5.89. The van der Waals surface area contributed by atoms with Crippen LogP contribution < -0.4 is 20.2 Å². The Balaban J connectivity index is 0.000000507. The van der Waals surface area contributed by atoms with Crippen LogP contribution in [0.4, 0.5) is 0 Å². The highest BCUT2D eigenvalue weighted by atomic mass is 16.5. The van der Waals surface area contributed by atoms with E-state index in [4.69, 9.17) is 24.1 Å². The van der Waals surface area contributed by atoms with Gasteiger partial charge in [-0.3, -0.25) is 4.79 Å².